The Kier molecular flexibility index (Phi) is 3.71. The zero-order valence-corrected chi connectivity index (χ0v) is 6.68. The summed E-state index contributed by atoms with van der Waals surface area (Å²) in [7, 11) is 0. The minimum atomic E-state index is 0.551. The third-order valence-electron chi connectivity index (χ3n) is 1.84. The molecule has 2 nitrogen and oxygen atoms in total. The number of nitriles is 1. The van der Waals surface area contributed by atoms with Crippen LogP contribution in [0.2, 0.25) is 0 Å². The summed E-state index contributed by atoms with van der Waals surface area (Å²) in [5, 5.41) is 8.34. The molecule has 0 amide bonds. The van der Waals surface area contributed by atoms with Crippen molar-refractivity contribution in [1.29, 1.82) is 5.26 Å². The van der Waals surface area contributed by atoms with Crippen molar-refractivity contribution in [3.8, 4) is 6.07 Å². The Hall–Kier alpha value is -0.810. The molecule has 0 spiro atoms. The third-order valence-corrected chi connectivity index (χ3v) is 1.84. The first-order valence-electron chi connectivity index (χ1n) is 4.06. The van der Waals surface area contributed by atoms with Crippen LogP contribution in [0.25, 0.3) is 0 Å². The maximum atomic E-state index is 8.34. The van der Waals surface area contributed by atoms with E-state index >= 15 is 0 Å². The van der Waals surface area contributed by atoms with E-state index in [0.717, 1.165) is 32.5 Å². The molecule has 1 heterocycles. The standard InChI is InChI=1S/C9H13NO/c10-6-1-3-9-4-2-7-11-8-5-9/h3H,1-2,4-5,7-8H2/b9-3+. The number of hydrogen-bond donors (Lipinski definition) is 0. The Morgan fingerprint density at radius 1 is 1.45 bits per heavy atom. The largest absolute Gasteiger partial charge is 0.381 e. The Bertz CT molecular complexity index is 168. The van der Waals surface area contributed by atoms with Crippen molar-refractivity contribution < 1.29 is 4.74 Å². The van der Waals surface area contributed by atoms with Gasteiger partial charge in [0.15, 0.2) is 0 Å². The van der Waals surface area contributed by atoms with Gasteiger partial charge in [-0.05, 0) is 19.3 Å². The highest BCUT2D eigenvalue weighted by molar-refractivity contribution is 5.05. The third kappa shape index (κ3) is 3.20. The molecule has 2 heteroatoms. The summed E-state index contributed by atoms with van der Waals surface area (Å²) in [6, 6.07) is 2.12. The molecule has 60 valence electrons. The highest BCUT2D eigenvalue weighted by atomic mass is 16.5. The number of allylic oxidation sites excluding steroid dienone is 1. The molecule has 0 bridgehead atoms. The van der Waals surface area contributed by atoms with Gasteiger partial charge in [0.05, 0.1) is 19.1 Å². The lowest BCUT2D eigenvalue weighted by Gasteiger charge is -1.97. The van der Waals surface area contributed by atoms with E-state index in [2.05, 4.69) is 6.07 Å². The molecule has 0 saturated carbocycles. The Morgan fingerprint density at radius 2 is 2.36 bits per heavy atom. The molecule has 0 aromatic carbocycles. The van der Waals surface area contributed by atoms with Crippen molar-refractivity contribution in [1.82, 2.24) is 0 Å². The number of ether oxygens (including phenoxy) is 1. The molecule has 1 aliphatic rings. The summed E-state index contributed by atoms with van der Waals surface area (Å²) in [6.07, 6.45) is 5.82. The van der Waals surface area contributed by atoms with Gasteiger partial charge in [0.25, 0.3) is 0 Å². The number of rotatable bonds is 1. The fourth-order valence-electron chi connectivity index (χ4n) is 1.23. The van der Waals surface area contributed by atoms with Gasteiger partial charge in [0, 0.05) is 6.61 Å². The molecule has 0 unspecified atom stereocenters. The van der Waals surface area contributed by atoms with E-state index < -0.39 is 0 Å². The van der Waals surface area contributed by atoms with Crippen molar-refractivity contribution in [2.45, 2.75) is 25.7 Å². The first-order valence-corrected chi connectivity index (χ1v) is 4.06. The van der Waals surface area contributed by atoms with Crippen LogP contribution in [0.5, 0.6) is 0 Å². The van der Waals surface area contributed by atoms with Gasteiger partial charge in [-0.3, -0.25) is 0 Å². The van der Waals surface area contributed by atoms with Gasteiger partial charge in [-0.2, -0.15) is 5.26 Å². The second-order valence-electron chi connectivity index (χ2n) is 2.69. The van der Waals surface area contributed by atoms with E-state index in [0.29, 0.717) is 6.42 Å². The van der Waals surface area contributed by atoms with Gasteiger partial charge < -0.3 is 4.74 Å². The van der Waals surface area contributed by atoms with Crippen molar-refractivity contribution in [2.24, 2.45) is 0 Å². The summed E-state index contributed by atoms with van der Waals surface area (Å²) in [4.78, 5) is 0. The molecular formula is C9H13NO. The van der Waals surface area contributed by atoms with Gasteiger partial charge >= 0.3 is 0 Å². The van der Waals surface area contributed by atoms with E-state index in [1.165, 1.54) is 5.57 Å². The molecular weight excluding hydrogens is 138 g/mol. The lowest BCUT2D eigenvalue weighted by atomic mass is 10.1. The van der Waals surface area contributed by atoms with Crippen LogP contribution in [0.3, 0.4) is 0 Å². The highest BCUT2D eigenvalue weighted by Gasteiger charge is 2.02. The summed E-state index contributed by atoms with van der Waals surface area (Å²) >= 11 is 0. The fourth-order valence-corrected chi connectivity index (χ4v) is 1.23. The van der Waals surface area contributed by atoms with Gasteiger partial charge in [0.1, 0.15) is 0 Å². The smallest absolute Gasteiger partial charge is 0.0663 e. The van der Waals surface area contributed by atoms with Crippen molar-refractivity contribution >= 4 is 0 Å². The van der Waals surface area contributed by atoms with Gasteiger partial charge in [0.2, 0.25) is 0 Å². The lowest BCUT2D eigenvalue weighted by Crippen LogP contribution is -1.90. The minimum absolute atomic E-state index is 0.551. The molecule has 0 aliphatic carbocycles. The summed E-state index contributed by atoms with van der Waals surface area (Å²) in [5.74, 6) is 0. The topological polar surface area (TPSA) is 33.0 Å². The van der Waals surface area contributed by atoms with Crippen molar-refractivity contribution in [3.05, 3.63) is 11.6 Å². The SMILES string of the molecule is N#CC/C=C1\CCCOCC1. The lowest BCUT2D eigenvalue weighted by molar-refractivity contribution is 0.146. The maximum absolute atomic E-state index is 8.34. The van der Waals surface area contributed by atoms with Crippen LogP contribution < -0.4 is 0 Å². The first kappa shape index (κ1) is 8.29. The molecule has 0 radical (unpaired) electrons. The predicted molar refractivity (Wildman–Crippen MR) is 43.0 cm³/mol. The average molecular weight is 151 g/mol. The summed E-state index contributed by atoms with van der Waals surface area (Å²) in [5.41, 5.74) is 1.39. The molecule has 11 heavy (non-hydrogen) atoms. The van der Waals surface area contributed by atoms with Crippen molar-refractivity contribution in [2.75, 3.05) is 13.2 Å². The summed E-state index contributed by atoms with van der Waals surface area (Å²) < 4.78 is 5.28. The molecule has 0 N–H and O–H groups in total. The van der Waals surface area contributed by atoms with E-state index in [1.54, 1.807) is 0 Å². The van der Waals surface area contributed by atoms with Crippen LogP contribution in [0, 0.1) is 11.3 Å². The van der Waals surface area contributed by atoms with Crippen LogP contribution >= 0.6 is 0 Å². The highest BCUT2D eigenvalue weighted by Crippen LogP contribution is 2.14. The molecule has 1 rings (SSSR count). The van der Waals surface area contributed by atoms with Crippen LogP contribution in [-0.4, -0.2) is 13.2 Å². The van der Waals surface area contributed by atoms with Crippen LogP contribution in [0.15, 0.2) is 11.6 Å². The van der Waals surface area contributed by atoms with E-state index in [4.69, 9.17) is 10.00 Å². The Balaban J connectivity index is 2.37. The van der Waals surface area contributed by atoms with Crippen LogP contribution in [0.4, 0.5) is 0 Å². The Labute approximate surface area is 67.5 Å². The zero-order chi connectivity index (χ0) is 7.94. The van der Waals surface area contributed by atoms with E-state index in [1.807, 2.05) is 6.08 Å². The monoisotopic (exact) mass is 151 g/mol. The Morgan fingerprint density at radius 3 is 3.18 bits per heavy atom. The van der Waals surface area contributed by atoms with Gasteiger partial charge in [-0.15, -0.1) is 0 Å². The van der Waals surface area contributed by atoms with Gasteiger partial charge in [-0.1, -0.05) is 11.6 Å². The molecule has 0 aromatic rings. The molecule has 1 aliphatic heterocycles. The average Bonchev–Trinajstić information content (AvgIpc) is 2.28. The second-order valence-corrected chi connectivity index (χ2v) is 2.69. The fraction of sp³-hybridized carbons (Fsp3) is 0.667. The minimum Gasteiger partial charge on any atom is -0.381 e. The zero-order valence-electron chi connectivity index (χ0n) is 6.68. The van der Waals surface area contributed by atoms with Crippen LogP contribution in [-0.2, 0) is 4.74 Å². The first-order chi connectivity index (χ1) is 5.43. The number of hydrogen-bond acceptors (Lipinski definition) is 2. The predicted octanol–water partition coefficient (Wildman–Crippen LogP) is 2.03. The molecule has 0 aromatic heterocycles. The summed E-state index contributed by atoms with van der Waals surface area (Å²) in [6.45, 7) is 1.71. The second kappa shape index (κ2) is 4.92. The molecule has 0 atom stereocenters. The van der Waals surface area contributed by atoms with Crippen LogP contribution in [0.1, 0.15) is 25.7 Å². The van der Waals surface area contributed by atoms with E-state index in [-0.39, 0.29) is 0 Å². The quantitative estimate of drug-likeness (QED) is 0.537. The molecule has 1 saturated heterocycles. The van der Waals surface area contributed by atoms with E-state index in [9.17, 15) is 0 Å². The van der Waals surface area contributed by atoms with Gasteiger partial charge in [-0.25, -0.2) is 0 Å². The normalized spacial score (nSPS) is 22.6. The number of nitrogens with zero attached hydrogens (tertiary/aromatic N) is 1. The maximum Gasteiger partial charge on any atom is 0.0663 e. The van der Waals surface area contributed by atoms with Crippen molar-refractivity contribution in [3.63, 3.8) is 0 Å². The molecule has 1 fully saturated rings.